The third kappa shape index (κ3) is 5.00. The molecule has 0 aliphatic carbocycles. The molecule has 17 heavy (non-hydrogen) atoms. The minimum atomic E-state index is -0.274. The zero-order valence-electron chi connectivity index (χ0n) is 10.5. The van der Waals surface area contributed by atoms with Gasteiger partial charge in [-0.25, -0.2) is 0 Å². The lowest BCUT2D eigenvalue weighted by Gasteiger charge is -2.14. The van der Waals surface area contributed by atoms with Crippen LogP contribution in [0.15, 0.2) is 30.3 Å². The summed E-state index contributed by atoms with van der Waals surface area (Å²) in [4.78, 5) is 11.6. The number of aliphatic hydroxyl groups excluding tert-OH is 1. The van der Waals surface area contributed by atoms with Gasteiger partial charge in [0, 0.05) is 12.1 Å². The van der Waals surface area contributed by atoms with Crippen molar-refractivity contribution in [3.8, 4) is 0 Å². The molecule has 1 aromatic carbocycles. The van der Waals surface area contributed by atoms with Crippen molar-refractivity contribution in [1.29, 1.82) is 0 Å². The molecule has 3 nitrogen and oxygen atoms in total. The molecule has 0 bridgehead atoms. The van der Waals surface area contributed by atoms with E-state index in [-0.39, 0.29) is 17.9 Å². The summed E-state index contributed by atoms with van der Waals surface area (Å²) in [6, 6.07) is 9.15. The third-order valence-electron chi connectivity index (χ3n) is 2.77. The Labute approximate surface area is 103 Å². The Bertz CT molecular complexity index is 335. The number of nitrogens with one attached hydrogen (secondary N) is 1. The second-order valence-corrected chi connectivity index (χ2v) is 4.58. The van der Waals surface area contributed by atoms with Crippen molar-refractivity contribution < 1.29 is 9.90 Å². The highest BCUT2D eigenvalue weighted by molar-refractivity contribution is 5.94. The highest BCUT2D eigenvalue weighted by atomic mass is 16.3. The second kappa shape index (κ2) is 7.07. The number of aliphatic hydroxyl groups is 1. The molecule has 0 saturated heterocycles. The molecule has 0 fully saturated rings. The Hall–Kier alpha value is -1.35. The van der Waals surface area contributed by atoms with Crippen molar-refractivity contribution in [1.82, 2.24) is 5.32 Å². The van der Waals surface area contributed by atoms with E-state index in [0.29, 0.717) is 12.1 Å². The third-order valence-corrected chi connectivity index (χ3v) is 2.77. The van der Waals surface area contributed by atoms with E-state index in [1.165, 1.54) is 0 Å². The molecular formula is C14H21NO2. The fraction of sp³-hybridized carbons (Fsp3) is 0.500. The minimum Gasteiger partial charge on any atom is -0.393 e. The summed E-state index contributed by atoms with van der Waals surface area (Å²) in [6.45, 7) is 4.60. The van der Waals surface area contributed by atoms with E-state index in [4.69, 9.17) is 0 Å². The van der Waals surface area contributed by atoms with Crippen LogP contribution in [0.2, 0.25) is 0 Å². The van der Waals surface area contributed by atoms with E-state index < -0.39 is 0 Å². The smallest absolute Gasteiger partial charge is 0.251 e. The first-order valence-electron chi connectivity index (χ1n) is 6.12. The van der Waals surface area contributed by atoms with Crippen LogP contribution in [-0.4, -0.2) is 23.7 Å². The lowest BCUT2D eigenvalue weighted by molar-refractivity contribution is 0.0938. The topological polar surface area (TPSA) is 49.3 Å². The molecule has 1 rings (SSSR count). The molecule has 0 spiro atoms. The van der Waals surface area contributed by atoms with Crippen molar-refractivity contribution in [2.45, 2.75) is 32.8 Å². The van der Waals surface area contributed by atoms with E-state index in [2.05, 4.69) is 5.32 Å². The number of carbonyl (C=O) groups is 1. The lowest BCUT2D eigenvalue weighted by Crippen LogP contribution is -2.25. The first-order valence-corrected chi connectivity index (χ1v) is 6.12. The van der Waals surface area contributed by atoms with Crippen LogP contribution in [-0.2, 0) is 0 Å². The van der Waals surface area contributed by atoms with Gasteiger partial charge < -0.3 is 10.4 Å². The molecule has 0 saturated carbocycles. The largest absolute Gasteiger partial charge is 0.393 e. The highest BCUT2D eigenvalue weighted by Gasteiger charge is 2.09. The van der Waals surface area contributed by atoms with Crippen molar-refractivity contribution in [3.63, 3.8) is 0 Å². The van der Waals surface area contributed by atoms with Crippen molar-refractivity contribution in [3.05, 3.63) is 35.9 Å². The summed E-state index contributed by atoms with van der Waals surface area (Å²) < 4.78 is 0. The number of hydrogen-bond acceptors (Lipinski definition) is 2. The van der Waals surface area contributed by atoms with Gasteiger partial charge in [0.1, 0.15) is 0 Å². The van der Waals surface area contributed by atoms with E-state index in [1.54, 1.807) is 12.1 Å². The summed E-state index contributed by atoms with van der Waals surface area (Å²) in [7, 11) is 0. The SMILES string of the molecule is CC(C)C(O)CCCNC(=O)c1ccccc1. The second-order valence-electron chi connectivity index (χ2n) is 4.58. The van der Waals surface area contributed by atoms with E-state index in [1.807, 2.05) is 32.0 Å². The number of benzene rings is 1. The Kier molecular flexibility index (Phi) is 5.70. The number of amides is 1. The molecular weight excluding hydrogens is 214 g/mol. The lowest BCUT2D eigenvalue weighted by atomic mass is 10.0. The summed E-state index contributed by atoms with van der Waals surface area (Å²) in [5.41, 5.74) is 0.678. The summed E-state index contributed by atoms with van der Waals surface area (Å²) in [6.07, 6.45) is 1.26. The molecule has 1 aromatic rings. The van der Waals surface area contributed by atoms with Crippen molar-refractivity contribution in [2.24, 2.45) is 5.92 Å². The van der Waals surface area contributed by atoms with Gasteiger partial charge in [-0.1, -0.05) is 32.0 Å². The zero-order chi connectivity index (χ0) is 12.7. The zero-order valence-corrected chi connectivity index (χ0v) is 10.5. The standard InChI is InChI=1S/C14H21NO2/c1-11(2)13(16)9-6-10-15-14(17)12-7-4-3-5-8-12/h3-5,7-8,11,13,16H,6,9-10H2,1-2H3,(H,15,17). The van der Waals surface area contributed by atoms with Crippen LogP contribution >= 0.6 is 0 Å². The predicted molar refractivity (Wildman–Crippen MR) is 68.9 cm³/mol. The van der Waals surface area contributed by atoms with Crippen LogP contribution in [0.5, 0.6) is 0 Å². The Balaban J connectivity index is 2.22. The molecule has 1 atom stereocenters. The Morgan fingerprint density at radius 2 is 1.94 bits per heavy atom. The van der Waals surface area contributed by atoms with Gasteiger partial charge in [0.2, 0.25) is 0 Å². The molecule has 94 valence electrons. The molecule has 0 radical (unpaired) electrons. The molecule has 3 heteroatoms. The van der Waals surface area contributed by atoms with Crippen molar-refractivity contribution >= 4 is 5.91 Å². The van der Waals surface area contributed by atoms with Gasteiger partial charge in [-0.2, -0.15) is 0 Å². The average molecular weight is 235 g/mol. The Morgan fingerprint density at radius 1 is 1.29 bits per heavy atom. The molecule has 1 amide bonds. The quantitative estimate of drug-likeness (QED) is 0.743. The molecule has 0 heterocycles. The minimum absolute atomic E-state index is 0.0513. The van der Waals surface area contributed by atoms with E-state index in [0.717, 1.165) is 12.8 Å². The number of hydrogen-bond donors (Lipinski definition) is 2. The van der Waals surface area contributed by atoms with Gasteiger partial charge in [-0.15, -0.1) is 0 Å². The van der Waals surface area contributed by atoms with Gasteiger partial charge in [0.25, 0.3) is 5.91 Å². The fourth-order valence-electron chi connectivity index (χ4n) is 1.54. The maximum absolute atomic E-state index is 11.6. The first kappa shape index (κ1) is 13.7. The fourth-order valence-corrected chi connectivity index (χ4v) is 1.54. The highest BCUT2D eigenvalue weighted by Crippen LogP contribution is 2.07. The average Bonchev–Trinajstić information content (AvgIpc) is 2.35. The van der Waals surface area contributed by atoms with Crippen LogP contribution in [0.25, 0.3) is 0 Å². The van der Waals surface area contributed by atoms with Crippen LogP contribution in [0.1, 0.15) is 37.0 Å². The summed E-state index contributed by atoms with van der Waals surface area (Å²) in [5.74, 6) is 0.226. The molecule has 1 unspecified atom stereocenters. The van der Waals surface area contributed by atoms with E-state index >= 15 is 0 Å². The van der Waals surface area contributed by atoms with Crippen molar-refractivity contribution in [2.75, 3.05) is 6.54 Å². The molecule has 2 N–H and O–H groups in total. The van der Waals surface area contributed by atoms with Crippen LogP contribution in [0.4, 0.5) is 0 Å². The number of rotatable bonds is 6. The maximum atomic E-state index is 11.6. The van der Waals surface area contributed by atoms with Gasteiger partial charge >= 0.3 is 0 Å². The Morgan fingerprint density at radius 3 is 2.53 bits per heavy atom. The predicted octanol–water partition coefficient (Wildman–Crippen LogP) is 2.21. The molecule has 0 aromatic heterocycles. The van der Waals surface area contributed by atoms with Gasteiger partial charge in [-0.05, 0) is 30.9 Å². The molecule has 0 aliphatic heterocycles. The molecule has 0 aliphatic rings. The van der Waals surface area contributed by atoms with Gasteiger partial charge in [0.05, 0.1) is 6.10 Å². The van der Waals surface area contributed by atoms with E-state index in [9.17, 15) is 9.90 Å². The van der Waals surface area contributed by atoms with Crippen LogP contribution < -0.4 is 5.32 Å². The normalized spacial score (nSPS) is 12.5. The summed E-state index contributed by atoms with van der Waals surface area (Å²) in [5, 5.41) is 12.4. The monoisotopic (exact) mass is 235 g/mol. The van der Waals surface area contributed by atoms with Gasteiger partial charge in [0.15, 0.2) is 0 Å². The number of carbonyl (C=O) groups excluding carboxylic acids is 1. The van der Waals surface area contributed by atoms with Gasteiger partial charge in [-0.3, -0.25) is 4.79 Å². The maximum Gasteiger partial charge on any atom is 0.251 e. The first-order chi connectivity index (χ1) is 8.11. The van der Waals surface area contributed by atoms with Crippen LogP contribution in [0, 0.1) is 5.92 Å². The van der Waals surface area contributed by atoms with Crippen LogP contribution in [0.3, 0.4) is 0 Å². The summed E-state index contributed by atoms with van der Waals surface area (Å²) >= 11 is 0.